The Kier molecular flexibility index (Phi) is 4.98. The lowest BCUT2D eigenvalue weighted by atomic mass is 10.1. The molecular weight excluding hydrogens is 402 g/mol. The monoisotopic (exact) mass is 427 g/mol. The number of hydrogen-bond donors (Lipinski definition) is 0. The Hall–Kier alpha value is -3.58. The summed E-state index contributed by atoms with van der Waals surface area (Å²) in [5.41, 5.74) is 6.42. The summed E-state index contributed by atoms with van der Waals surface area (Å²) in [5.74, 6) is 0.720. The van der Waals surface area contributed by atoms with Crippen molar-refractivity contribution >= 4 is 33.2 Å². The predicted molar refractivity (Wildman–Crippen MR) is 127 cm³/mol. The number of aromatic nitrogens is 5. The van der Waals surface area contributed by atoms with Gasteiger partial charge in [0.05, 0.1) is 24.2 Å². The zero-order chi connectivity index (χ0) is 22.4. The van der Waals surface area contributed by atoms with E-state index in [4.69, 9.17) is 19.7 Å². The first-order valence-corrected chi connectivity index (χ1v) is 10.8. The molecule has 0 aliphatic rings. The summed E-state index contributed by atoms with van der Waals surface area (Å²) < 4.78 is 8.92. The lowest BCUT2D eigenvalue weighted by Crippen LogP contribution is -2.27. The normalized spacial score (nSPS) is 11.8. The van der Waals surface area contributed by atoms with E-state index in [1.807, 2.05) is 35.8 Å². The number of hydrogen-bond acceptors (Lipinski definition) is 5. The molecule has 2 aromatic carbocycles. The highest BCUT2D eigenvalue weighted by Crippen LogP contribution is 2.29. The van der Waals surface area contributed by atoms with Crippen molar-refractivity contribution in [2.75, 3.05) is 13.7 Å². The van der Waals surface area contributed by atoms with Gasteiger partial charge in [0.2, 0.25) is 0 Å². The van der Waals surface area contributed by atoms with Crippen LogP contribution in [0.4, 0.5) is 0 Å². The number of aryl methyl sites for hydroxylation is 3. The molecule has 0 atom stereocenters. The molecule has 0 radical (unpaired) electrons. The molecule has 0 aliphatic carbocycles. The van der Waals surface area contributed by atoms with Gasteiger partial charge in [-0.15, -0.1) is 0 Å². The van der Waals surface area contributed by atoms with Crippen LogP contribution in [0, 0.1) is 13.8 Å². The maximum Gasteiger partial charge on any atom is 0.265 e. The molecule has 0 saturated carbocycles. The molecule has 3 aromatic heterocycles. The van der Waals surface area contributed by atoms with Gasteiger partial charge in [0.25, 0.3) is 5.56 Å². The van der Waals surface area contributed by atoms with Crippen molar-refractivity contribution in [3.8, 4) is 5.69 Å². The molecule has 3 heterocycles. The molecule has 5 aromatic rings. The van der Waals surface area contributed by atoms with Gasteiger partial charge in [0.15, 0.2) is 11.3 Å². The van der Waals surface area contributed by atoms with Crippen LogP contribution in [0.15, 0.2) is 47.3 Å². The largest absolute Gasteiger partial charge is 0.383 e. The van der Waals surface area contributed by atoms with E-state index in [0.29, 0.717) is 41.8 Å². The number of fused-ring (bicyclic) bond motifs is 4. The van der Waals surface area contributed by atoms with Crippen LogP contribution in [0.25, 0.3) is 38.9 Å². The van der Waals surface area contributed by atoms with E-state index in [1.54, 1.807) is 11.7 Å². The lowest BCUT2D eigenvalue weighted by molar-refractivity contribution is 0.185. The molecule has 0 fully saturated rings. The molecule has 32 heavy (non-hydrogen) atoms. The molecular formula is C25H25N5O2. The average molecular weight is 428 g/mol. The van der Waals surface area contributed by atoms with Crippen molar-refractivity contribution in [2.45, 2.75) is 33.7 Å². The standard InChI is InChI=1S/C25H25N5O2/c1-5-20-28-23-21(25(31)29(20)10-11-32-4)22-24(27-19-9-7-6-8-18(19)26-22)30(23)17-13-15(2)12-16(3)14-17/h6-9,12-14H,5,10-11H2,1-4H3. The lowest BCUT2D eigenvalue weighted by Gasteiger charge is -2.12. The minimum Gasteiger partial charge on any atom is -0.383 e. The van der Waals surface area contributed by atoms with Gasteiger partial charge >= 0.3 is 0 Å². The van der Waals surface area contributed by atoms with Crippen molar-refractivity contribution < 1.29 is 4.74 Å². The minimum atomic E-state index is -0.110. The summed E-state index contributed by atoms with van der Waals surface area (Å²) in [6.45, 7) is 7.01. The van der Waals surface area contributed by atoms with Gasteiger partial charge in [-0.3, -0.25) is 13.9 Å². The highest BCUT2D eigenvalue weighted by atomic mass is 16.5. The molecule has 7 nitrogen and oxygen atoms in total. The van der Waals surface area contributed by atoms with Crippen molar-refractivity contribution in [3.63, 3.8) is 0 Å². The Morgan fingerprint density at radius 1 is 0.938 bits per heavy atom. The van der Waals surface area contributed by atoms with Gasteiger partial charge in [-0.1, -0.05) is 25.1 Å². The number of ether oxygens (including phenoxy) is 1. The van der Waals surface area contributed by atoms with E-state index < -0.39 is 0 Å². The van der Waals surface area contributed by atoms with Crippen LogP contribution in [0.3, 0.4) is 0 Å². The number of nitrogens with zero attached hydrogens (tertiary/aromatic N) is 5. The number of rotatable bonds is 5. The van der Waals surface area contributed by atoms with Crippen molar-refractivity contribution in [3.05, 3.63) is 69.8 Å². The maximum atomic E-state index is 13.7. The van der Waals surface area contributed by atoms with Gasteiger partial charge in [-0.25, -0.2) is 15.0 Å². The Labute approximate surface area is 185 Å². The zero-order valence-electron chi connectivity index (χ0n) is 18.7. The molecule has 5 rings (SSSR count). The highest BCUT2D eigenvalue weighted by molar-refractivity contribution is 6.05. The Bertz CT molecular complexity index is 1530. The van der Waals surface area contributed by atoms with Crippen LogP contribution in [0.1, 0.15) is 23.9 Å². The van der Waals surface area contributed by atoms with E-state index in [2.05, 4.69) is 32.0 Å². The summed E-state index contributed by atoms with van der Waals surface area (Å²) >= 11 is 0. The molecule has 7 heteroatoms. The molecule has 162 valence electrons. The van der Waals surface area contributed by atoms with Crippen LogP contribution in [-0.2, 0) is 17.7 Å². The van der Waals surface area contributed by atoms with Gasteiger partial charge < -0.3 is 4.74 Å². The van der Waals surface area contributed by atoms with Gasteiger partial charge in [0, 0.05) is 19.2 Å². The zero-order valence-corrected chi connectivity index (χ0v) is 18.7. The first-order chi connectivity index (χ1) is 15.5. The van der Waals surface area contributed by atoms with Crippen molar-refractivity contribution in [2.24, 2.45) is 0 Å². The molecule has 0 unspecified atom stereocenters. The fourth-order valence-corrected chi connectivity index (χ4v) is 4.38. The van der Waals surface area contributed by atoms with Crippen LogP contribution in [0.5, 0.6) is 0 Å². The Balaban J connectivity index is 1.99. The number of benzene rings is 2. The van der Waals surface area contributed by atoms with Gasteiger partial charge in [-0.05, 0) is 49.2 Å². The molecule has 0 N–H and O–H groups in total. The van der Waals surface area contributed by atoms with E-state index in [9.17, 15) is 4.79 Å². The van der Waals surface area contributed by atoms with Crippen LogP contribution in [-0.4, -0.2) is 37.8 Å². The van der Waals surface area contributed by atoms with Crippen molar-refractivity contribution in [1.82, 2.24) is 24.1 Å². The Morgan fingerprint density at radius 3 is 2.28 bits per heavy atom. The average Bonchev–Trinajstić information content (AvgIpc) is 3.09. The highest BCUT2D eigenvalue weighted by Gasteiger charge is 2.22. The quantitative estimate of drug-likeness (QED) is 0.422. The fourth-order valence-electron chi connectivity index (χ4n) is 4.38. The molecule has 0 aliphatic heterocycles. The summed E-state index contributed by atoms with van der Waals surface area (Å²) in [6, 6.07) is 14.0. The van der Waals surface area contributed by atoms with Crippen LogP contribution < -0.4 is 5.56 Å². The van der Waals surface area contributed by atoms with E-state index in [0.717, 1.165) is 33.7 Å². The predicted octanol–water partition coefficient (Wildman–Crippen LogP) is 4.11. The number of methoxy groups -OCH3 is 1. The van der Waals surface area contributed by atoms with E-state index >= 15 is 0 Å². The summed E-state index contributed by atoms with van der Waals surface area (Å²) in [7, 11) is 1.63. The van der Waals surface area contributed by atoms with E-state index in [-0.39, 0.29) is 5.56 Å². The summed E-state index contributed by atoms with van der Waals surface area (Å²) in [6.07, 6.45) is 0.631. The molecule has 0 amide bonds. The third kappa shape index (κ3) is 3.17. The second-order valence-electron chi connectivity index (χ2n) is 8.10. The summed E-state index contributed by atoms with van der Waals surface area (Å²) in [4.78, 5) is 28.5. The number of para-hydroxylation sites is 2. The second kappa shape index (κ2) is 7.84. The topological polar surface area (TPSA) is 74.8 Å². The minimum absolute atomic E-state index is 0.110. The van der Waals surface area contributed by atoms with Crippen LogP contribution >= 0.6 is 0 Å². The fraction of sp³-hybridized carbons (Fsp3) is 0.280. The van der Waals surface area contributed by atoms with Gasteiger partial charge in [-0.2, -0.15) is 0 Å². The SMILES string of the molecule is CCc1nc2c(c(=O)n1CCOC)c1nc3ccccc3nc1n2-c1cc(C)cc(C)c1. The maximum absolute atomic E-state index is 13.7. The van der Waals surface area contributed by atoms with Gasteiger partial charge in [0.1, 0.15) is 16.7 Å². The molecule has 0 spiro atoms. The molecule has 0 bridgehead atoms. The summed E-state index contributed by atoms with van der Waals surface area (Å²) in [5, 5.41) is 0.491. The van der Waals surface area contributed by atoms with Crippen LogP contribution in [0.2, 0.25) is 0 Å². The van der Waals surface area contributed by atoms with Crippen molar-refractivity contribution in [1.29, 1.82) is 0 Å². The van der Waals surface area contributed by atoms with E-state index in [1.165, 1.54) is 0 Å². The third-order valence-corrected chi connectivity index (χ3v) is 5.74. The molecule has 0 saturated heterocycles. The smallest absolute Gasteiger partial charge is 0.265 e. The first-order valence-electron chi connectivity index (χ1n) is 10.8. The Morgan fingerprint density at radius 2 is 1.62 bits per heavy atom. The first kappa shape index (κ1) is 20.3. The second-order valence-corrected chi connectivity index (χ2v) is 8.10. The third-order valence-electron chi connectivity index (χ3n) is 5.74.